The minimum atomic E-state index is -3.83. The molecule has 0 unspecified atom stereocenters. The molecule has 7 heavy (non-hydrogen) atoms. The molecule has 0 spiro atoms. The van der Waals surface area contributed by atoms with Gasteiger partial charge in [-0.05, 0) is 0 Å². The molecule has 0 aromatic carbocycles. The van der Waals surface area contributed by atoms with E-state index in [1.807, 2.05) is 0 Å². The van der Waals surface area contributed by atoms with E-state index in [1.165, 1.54) is 0 Å². The predicted octanol–water partition coefficient (Wildman–Crippen LogP) is -0.0465. The summed E-state index contributed by atoms with van der Waals surface area (Å²) in [4.78, 5) is 0. The summed E-state index contributed by atoms with van der Waals surface area (Å²) in [6.07, 6.45) is 0. The molecule has 0 amide bonds. The van der Waals surface area contributed by atoms with E-state index < -0.39 is 9.05 Å². The molecule has 0 aliphatic carbocycles. The molecular formula is H7NO3S3. The molecule has 0 fully saturated rings. The van der Waals surface area contributed by atoms with E-state index in [0.717, 1.165) is 0 Å². The lowest BCUT2D eigenvalue weighted by atomic mass is 14.0. The van der Waals surface area contributed by atoms with E-state index in [0.29, 0.717) is 0 Å². The number of rotatable bonds is 0. The number of hydrogen-bond donors (Lipinski definition) is 3. The highest BCUT2D eigenvalue weighted by molar-refractivity contribution is 8.26. The van der Waals surface area contributed by atoms with E-state index in [-0.39, 0.29) is 19.6 Å². The van der Waals surface area contributed by atoms with Crippen LogP contribution < -0.4 is 6.15 Å². The van der Waals surface area contributed by atoms with Gasteiger partial charge in [-0.2, -0.15) is 17.7 Å². The van der Waals surface area contributed by atoms with Crippen molar-refractivity contribution >= 4 is 33.7 Å². The van der Waals surface area contributed by atoms with Crippen LogP contribution in [-0.4, -0.2) is 13.3 Å². The SMILES string of the molecule is N.O=S(O)(O)=S.S. The minimum absolute atomic E-state index is 0. The molecule has 0 saturated carbocycles. The lowest BCUT2D eigenvalue weighted by Gasteiger charge is -1.73. The third-order valence-corrected chi connectivity index (χ3v) is 0. The molecule has 0 heterocycles. The first-order valence-electron chi connectivity index (χ1n) is 0.698. The highest BCUT2D eigenvalue weighted by atomic mass is 32.9. The topological polar surface area (TPSA) is 92.5 Å². The fourth-order valence-corrected chi connectivity index (χ4v) is 0. The first-order chi connectivity index (χ1) is 2.00. The van der Waals surface area contributed by atoms with Crippen LogP contribution in [0.2, 0.25) is 0 Å². The van der Waals surface area contributed by atoms with E-state index >= 15 is 0 Å². The first-order valence-corrected chi connectivity index (χ1v) is 3.10. The van der Waals surface area contributed by atoms with Gasteiger partial charge in [-0.15, -0.1) is 0 Å². The normalized spacial score (nSPS) is 8.29. The molecule has 0 atom stereocenters. The van der Waals surface area contributed by atoms with E-state index in [2.05, 4.69) is 11.2 Å². The van der Waals surface area contributed by atoms with Crippen LogP contribution in [0.15, 0.2) is 0 Å². The standard InChI is InChI=1S/H3N.H2O3S2.H2S/c;1-5(2,3)4;/h1H3;(H2,1,2,3,4);1H2. The van der Waals surface area contributed by atoms with Gasteiger partial charge in [0.15, 0.2) is 0 Å². The van der Waals surface area contributed by atoms with Gasteiger partial charge in [-0.1, -0.05) is 0 Å². The molecule has 4 nitrogen and oxygen atoms in total. The third-order valence-electron chi connectivity index (χ3n) is 0. The molecule has 7 heteroatoms. The highest BCUT2D eigenvalue weighted by Crippen LogP contribution is 1.62. The van der Waals surface area contributed by atoms with Crippen molar-refractivity contribution < 1.29 is 13.3 Å². The van der Waals surface area contributed by atoms with E-state index in [1.54, 1.807) is 0 Å². The van der Waals surface area contributed by atoms with Crippen molar-refractivity contribution in [2.75, 3.05) is 0 Å². The van der Waals surface area contributed by atoms with Crippen LogP contribution in [-0.2, 0) is 20.2 Å². The lowest BCUT2D eigenvalue weighted by Crippen LogP contribution is -1.86. The molecule has 5 N–H and O–H groups in total. The molecule has 0 aliphatic heterocycles. The molecule has 48 valence electrons. The van der Waals surface area contributed by atoms with Crippen molar-refractivity contribution in [2.45, 2.75) is 0 Å². The van der Waals surface area contributed by atoms with Crippen LogP contribution in [0.5, 0.6) is 0 Å². The smallest absolute Gasteiger partial charge is 0.263 e. The number of hydrogen-bond acceptors (Lipinski definition) is 3. The molecule has 0 rings (SSSR count). The molecule has 0 bridgehead atoms. The third kappa shape index (κ3) is 388. The average molecular weight is 165 g/mol. The molecule has 0 radical (unpaired) electrons. The van der Waals surface area contributed by atoms with Crippen LogP contribution in [0.25, 0.3) is 0 Å². The van der Waals surface area contributed by atoms with Crippen molar-refractivity contribution in [3.8, 4) is 0 Å². The van der Waals surface area contributed by atoms with Crippen molar-refractivity contribution in [3.05, 3.63) is 0 Å². The monoisotopic (exact) mass is 165 g/mol. The van der Waals surface area contributed by atoms with Gasteiger partial charge in [-0.25, -0.2) is 0 Å². The largest absolute Gasteiger partial charge is 0.344 e. The molecule has 0 saturated heterocycles. The Morgan fingerprint density at radius 2 is 1.43 bits per heavy atom. The Bertz CT molecular complexity index is 93.3. The average Bonchev–Trinajstić information content (AvgIpc) is 0.722. The van der Waals surface area contributed by atoms with Crippen molar-refractivity contribution in [3.63, 3.8) is 0 Å². The summed E-state index contributed by atoms with van der Waals surface area (Å²) in [6.45, 7) is 0. The fourth-order valence-electron chi connectivity index (χ4n) is 0. The predicted molar refractivity (Wildman–Crippen MR) is 36.2 cm³/mol. The van der Waals surface area contributed by atoms with Gasteiger partial charge in [0, 0.05) is 11.2 Å². The maximum absolute atomic E-state index is 9.11. The van der Waals surface area contributed by atoms with Crippen LogP contribution in [0.3, 0.4) is 0 Å². The van der Waals surface area contributed by atoms with Crippen molar-refractivity contribution in [1.29, 1.82) is 0 Å². The quantitative estimate of drug-likeness (QED) is 0.468. The Labute approximate surface area is 53.7 Å². The van der Waals surface area contributed by atoms with Crippen LogP contribution in [0.4, 0.5) is 0 Å². The first kappa shape index (κ1) is 15.6. The second kappa shape index (κ2) is 4.75. The Morgan fingerprint density at radius 3 is 1.43 bits per heavy atom. The Morgan fingerprint density at radius 1 is 1.43 bits per heavy atom. The van der Waals surface area contributed by atoms with Crippen LogP contribution >= 0.6 is 13.5 Å². The van der Waals surface area contributed by atoms with Gasteiger partial charge in [0.05, 0.1) is 0 Å². The minimum Gasteiger partial charge on any atom is -0.344 e. The summed E-state index contributed by atoms with van der Waals surface area (Å²) >= 11 is 3.47. The zero-order valence-corrected chi connectivity index (χ0v) is 5.96. The van der Waals surface area contributed by atoms with Gasteiger partial charge in [-0.3, -0.25) is 9.11 Å². The fraction of sp³-hybridized carbons (Fsp3) is 0. The summed E-state index contributed by atoms with van der Waals surface area (Å²) in [5.41, 5.74) is 0. The molecule has 0 aromatic rings. The summed E-state index contributed by atoms with van der Waals surface area (Å²) in [5.74, 6) is 0. The summed E-state index contributed by atoms with van der Waals surface area (Å²) in [6, 6.07) is 0. The van der Waals surface area contributed by atoms with Crippen LogP contribution in [0, 0.1) is 0 Å². The Hall–Kier alpha value is 0.600. The lowest BCUT2D eigenvalue weighted by molar-refractivity contribution is 0.450. The van der Waals surface area contributed by atoms with Gasteiger partial charge >= 0.3 is 0 Å². The molecule has 0 aromatic heterocycles. The van der Waals surface area contributed by atoms with Crippen LogP contribution in [0.1, 0.15) is 0 Å². The zero-order chi connectivity index (χ0) is 4.50. The second-order valence-electron chi connectivity index (χ2n) is 0.448. The summed E-state index contributed by atoms with van der Waals surface area (Å²) in [7, 11) is -3.83. The van der Waals surface area contributed by atoms with Gasteiger partial charge in [0.25, 0.3) is 9.05 Å². The van der Waals surface area contributed by atoms with Gasteiger partial charge < -0.3 is 6.15 Å². The van der Waals surface area contributed by atoms with E-state index in [9.17, 15) is 0 Å². The Balaban J connectivity index is -0.0000000800. The van der Waals surface area contributed by atoms with Crippen molar-refractivity contribution in [1.82, 2.24) is 6.15 Å². The van der Waals surface area contributed by atoms with E-state index in [4.69, 9.17) is 13.3 Å². The zero-order valence-electron chi connectivity index (χ0n) is 3.33. The second-order valence-corrected chi connectivity index (χ2v) is 2.65. The summed E-state index contributed by atoms with van der Waals surface area (Å²) < 4.78 is 24.0. The van der Waals surface area contributed by atoms with Gasteiger partial charge in [0.1, 0.15) is 0 Å². The molecule has 0 aliphatic rings. The van der Waals surface area contributed by atoms with Crippen molar-refractivity contribution in [2.24, 2.45) is 0 Å². The highest BCUT2D eigenvalue weighted by Gasteiger charge is 1.78. The summed E-state index contributed by atoms with van der Waals surface area (Å²) in [5, 5.41) is 0. The van der Waals surface area contributed by atoms with Gasteiger partial charge in [0.2, 0.25) is 0 Å². The maximum atomic E-state index is 9.11. The maximum Gasteiger partial charge on any atom is 0.263 e. The Kier molecular flexibility index (Phi) is 10.6. The molecular weight excluding hydrogens is 158 g/mol.